The van der Waals surface area contributed by atoms with Crippen LogP contribution < -0.4 is 5.32 Å². The lowest BCUT2D eigenvalue weighted by molar-refractivity contribution is -0.118. The van der Waals surface area contributed by atoms with Crippen molar-refractivity contribution in [3.8, 4) is 0 Å². The molecule has 0 aliphatic heterocycles. The van der Waals surface area contributed by atoms with E-state index in [-0.39, 0.29) is 11.4 Å². The number of hydrogen-bond acceptors (Lipinski definition) is 2. The average molecular weight is 237 g/mol. The molecule has 0 heterocycles. The fraction of sp³-hybridized carbons (Fsp3) is 0.667. The first kappa shape index (κ1) is 16.8. The zero-order chi connectivity index (χ0) is 12.5. The van der Waals surface area contributed by atoms with Crippen LogP contribution in [-0.2, 0) is 9.36 Å². The van der Waals surface area contributed by atoms with Gasteiger partial charge in [-0.25, -0.2) is 0 Å². The van der Waals surface area contributed by atoms with Crippen molar-refractivity contribution in [2.24, 2.45) is 0 Å². The molecular formula is C9H20NO4P. The lowest BCUT2D eigenvalue weighted by atomic mass is 9.95. The third kappa shape index (κ3) is 11.3. The van der Waals surface area contributed by atoms with E-state index < -0.39 is 8.25 Å². The maximum Gasteiger partial charge on any atom is 0.314 e. The molecule has 15 heavy (non-hydrogen) atoms. The van der Waals surface area contributed by atoms with Gasteiger partial charge in [-0.2, -0.15) is 0 Å². The van der Waals surface area contributed by atoms with Crippen molar-refractivity contribution >= 4 is 14.2 Å². The molecular weight excluding hydrogens is 217 g/mol. The van der Waals surface area contributed by atoms with E-state index in [2.05, 4.69) is 25.7 Å². The van der Waals surface area contributed by atoms with E-state index >= 15 is 0 Å². The zero-order valence-electron chi connectivity index (χ0n) is 9.41. The summed E-state index contributed by atoms with van der Waals surface area (Å²) in [5, 5.41) is 2.89. The summed E-state index contributed by atoms with van der Waals surface area (Å²) in [5.74, 6) is -0.0869. The smallest absolute Gasteiger partial charge is 0.314 e. The largest absolute Gasteiger partial charge is 0.347 e. The summed E-state index contributed by atoms with van der Waals surface area (Å²) in [5.41, 5.74) is -0.0642. The van der Waals surface area contributed by atoms with E-state index in [1.807, 2.05) is 6.92 Å². The molecule has 0 aliphatic rings. The van der Waals surface area contributed by atoms with Gasteiger partial charge in [0.2, 0.25) is 5.91 Å². The number of nitrogens with one attached hydrogen (secondary N) is 1. The van der Waals surface area contributed by atoms with Gasteiger partial charge in [-0.05, 0) is 25.8 Å². The molecule has 90 valence electrons. The standard InChI is InChI=1S/C9H17NO.H3O3P/c1-5-8(11)10-9(4,6-2)7-3;1-4(2)3/h5H,1,6-7H2,2-4H3,(H,10,11);4H,(H2,1,2,3). The number of amides is 1. The zero-order valence-corrected chi connectivity index (χ0v) is 10.4. The van der Waals surface area contributed by atoms with Crippen molar-refractivity contribution in [1.29, 1.82) is 0 Å². The molecule has 0 fully saturated rings. The van der Waals surface area contributed by atoms with E-state index in [0.717, 1.165) is 12.8 Å². The Kier molecular flexibility index (Phi) is 9.68. The molecule has 3 N–H and O–H groups in total. The Labute approximate surface area is 91.2 Å². The minimum atomic E-state index is -3.13. The molecule has 0 spiro atoms. The normalized spacial score (nSPS) is 10.3. The third-order valence-corrected chi connectivity index (χ3v) is 2.17. The van der Waals surface area contributed by atoms with E-state index in [9.17, 15) is 4.79 Å². The predicted octanol–water partition coefficient (Wildman–Crippen LogP) is 1.23. The lowest BCUT2D eigenvalue weighted by Crippen LogP contribution is -2.44. The number of rotatable bonds is 4. The van der Waals surface area contributed by atoms with Gasteiger partial charge in [-0.15, -0.1) is 0 Å². The van der Waals surface area contributed by atoms with Gasteiger partial charge in [0, 0.05) is 5.54 Å². The molecule has 0 aromatic rings. The summed E-state index contributed by atoms with van der Waals surface area (Å²) in [4.78, 5) is 25.2. The van der Waals surface area contributed by atoms with Crippen LogP contribution in [0.25, 0.3) is 0 Å². The second-order valence-corrected chi connectivity index (χ2v) is 3.81. The Morgan fingerprint density at radius 3 is 2.00 bits per heavy atom. The summed E-state index contributed by atoms with van der Waals surface area (Å²) >= 11 is 0. The molecule has 0 atom stereocenters. The van der Waals surface area contributed by atoms with Crippen LogP contribution in [0.3, 0.4) is 0 Å². The lowest BCUT2D eigenvalue weighted by Gasteiger charge is -2.27. The van der Waals surface area contributed by atoms with Gasteiger partial charge in [0.25, 0.3) is 0 Å². The fourth-order valence-corrected chi connectivity index (χ4v) is 0.775. The summed E-state index contributed by atoms with van der Waals surface area (Å²) in [7, 11) is -3.13. The minimum absolute atomic E-state index is 0.0642. The molecule has 5 nitrogen and oxygen atoms in total. The van der Waals surface area contributed by atoms with Gasteiger partial charge in [-0.1, -0.05) is 20.4 Å². The number of carbonyl (C=O) groups excluding carboxylic acids is 1. The SMILES string of the molecule is C=CC(=O)NC(C)(CC)CC.O=[PH](O)O. The van der Waals surface area contributed by atoms with Gasteiger partial charge >= 0.3 is 8.25 Å². The Bertz CT molecular complexity index is 222. The van der Waals surface area contributed by atoms with Crippen LogP contribution in [0.1, 0.15) is 33.6 Å². The van der Waals surface area contributed by atoms with Crippen LogP contribution in [0.2, 0.25) is 0 Å². The maximum absolute atomic E-state index is 10.9. The summed E-state index contributed by atoms with van der Waals surface area (Å²) < 4.78 is 8.74. The third-order valence-electron chi connectivity index (χ3n) is 2.17. The Morgan fingerprint density at radius 2 is 1.80 bits per heavy atom. The van der Waals surface area contributed by atoms with E-state index in [1.165, 1.54) is 6.08 Å². The molecule has 0 rings (SSSR count). The molecule has 0 bridgehead atoms. The van der Waals surface area contributed by atoms with Crippen LogP contribution >= 0.6 is 8.25 Å². The van der Waals surface area contributed by atoms with Gasteiger partial charge in [-0.3, -0.25) is 9.36 Å². The van der Waals surface area contributed by atoms with Crippen molar-refractivity contribution in [2.45, 2.75) is 39.2 Å². The molecule has 0 radical (unpaired) electrons. The van der Waals surface area contributed by atoms with Crippen LogP contribution in [0, 0.1) is 0 Å². The average Bonchev–Trinajstić information content (AvgIpc) is 2.16. The highest BCUT2D eigenvalue weighted by molar-refractivity contribution is 7.30. The van der Waals surface area contributed by atoms with E-state index in [4.69, 9.17) is 14.4 Å². The molecule has 6 heteroatoms. The minimum Gasteiger partial charge on any atom is -0.347 e. The topological polar surface area (TPSA) is 86.6 Å². The summed E-state index contributed by atoms with van der Waals surface area (Å²) in [6.45, 7) is 9.56. The van der Waals surface area contributed by atoms with Crippen molar-refractivity contribution < 1.29 is 19.1 Å². The Balaban J connectivity index is 0. The summed E-state index contributed by atoms with van der Waals surface area (Å²) in [6, 6.07) is 0. The van der Waals surface area contributed by atoms with Crippen molar-refractivity contribution in [2.75, 3.05) is 0 Å². The highest BCUT2D eigenvalue weighted by Gasteiger charge is 2.19. The van der Waals surface area contributed by atoms with Gasteiger partial charge in [0.05, 0.1) is 0 Å². The quantitative estimate of drug-likeness (QED) is 0.507. The Morgan fingerprint density at radius 1 is 1.47 bits per heavy atom. The van der Waals surface area contributed by atoms with Crippen LogP contribution in [0.15, 0.2) is 12.7 Å². The van der Waals surface area contributed by atoms with Gasteiger partial charge in [0.15, 0.2) is 0 Å². The van der Waals surface area contributed by atoms with E-state index in [1.54, 1.807) is 0 Å². The number of hydrogen-bond donors (Lipinski definition) is 3. The summed E-state index contributed by atoms with van der Waals surface area (Å²) in [6.07, 6.45) is 3.20. The van der Waals surface area contributed by atoms with Gasteiger partial charge < -0.3 is 15.1 Å². The van der Waals surface area contributed by atoms with Crippen molar-refractivity contribution in [1.82, 2.24) is 5.32 Å². The first-order valence-corrected chi connectivity index (χ1v) is 5.98. The highest BCUT2D eigenvalue weighted by atomic mass is 31.1. The predicted molar refractivity (Wildman–Crippen MR) is 60.8 cm³/mol. The molecule has 0 saturated carbocycles. The molecule has 0 aromatic carbocycles. The second kappa shape index (κ2) is 8.65. The van der Waals surface area contributed by atoms with Crippen molar-refractivity contribution in [3.63, 3.8) is 0 Å². The van der Waals surface area contributed by atoms with Crippen LogP contribution in [-0.4, -0.2) is 21.2 Å². The van der Waals surface area contributed by atoms with Crippen LogP contribution in [0.5, 0.6) is 0 Å². The first-order chi connectivity index (χ1) is 6.81. The molecule has 1 amide bonds. The first-order valence-electron chi connectivity index (χ1n) is 4.67. The van der Waals surface area contributed by atoms with Gasteiger partial charge in [0.1, 0.15) is 0 Å². The monoisotopic (exact) mass is 237 g/mol. The van der Waals surface area contributed by atoms with E-state index in [0.29, 0.717) is 0 Å². The Hall–Kier alpha value is -0.640. The maximum atomic E-state index is 10.9. The number of carbonyl (C=O) groups is 1. The highest BCUT2D eigenvalue weighted by Crippen LogP contribution is 2.12. The molecule has 0 unspecified atom stereocenters. The van der Waals surface area contributed by atoms with Crippen molar-refractivity contribution in [3.05, 3.63) is 12.7 Å². The fourth-order valence-electron chi connectivity index (χ4n) is 0.775. The molecule has 0 aliphatic carbocycles. The van der Waals surface area contributed by atoms with Crippen LogP contribution in [0.4, 0.5) is 0 Å². The molecule has 0 saturated heterocycles. The molecule has 0 aromatic heterocycles. The second-order valence-electron chi connectivity index (χ2n) is 3.24.